The standard InChI is InChI=1S/C11H11NO2.CH4/c13-11(14)6-5-8-7-12-10-4-2-1-3-9(8)10;/h1-4,7,12H,5-6H2,(H,13,14);1H4. The fourth-order valence-electron chi connectivity index (χ4n) is 1.58. The summed E-state index contributed by atoms with van der Waals surface area (Å²) >= 11 is 0. The first kappa shape index (κ1) is 11.3. The van der Waals surface area contributed by atoms with Crippen LogP contribution in [0.3, 0.4) is 0 Å². The quantitative estimate of drug-likeness (QED) is 0.809. The molecule has 1 aromatic carbocycles. The van der Waals surface area contributed by atoms with Crippen LogP contribution >= 0.6 is 0 Å². The Morgan fingerprint density at radius 1 is 1.33 bits per heavy atom. The van der Waals surface area contributed by atoms with Crippen LogP contribution in [0.25, 0.3) is 10.9 Å². The molecule has 0 saturated carbocycles. The Balaban J connectivity index is 0.00000112. The second-order valence-electron chi connectivity index (χ2n) is 3.25. The zero-order valence-corrected chi connectivity index (χ0v) is 7.66. The summed E-state index contributed by atoms with van der Waals surface area (Å²) in [7, 11) is 0. The molecule has 0 aliphatic rings. The van der Waals surface area contributed by atoms with E-state index in [1.165, 1.54) is 0 Å². The minimum Gasteiger partial charge on any atom is -0.481 e. The average Bonchev–Trinajstić information content (AvgIpc) is 2.58. The smallest absolute Gasteiger partial charge is 0.303 e. The Bertz CT molecular complexity index is 459. The van der Waals surface area contributed by atoms with E-state index in [0.29, 0.717) is 6.42 Å². The van der Waals surface area contributed by atoms with Crippen molar-refractivity contribution in [2.24, 2.45) is 0 Å². The summed E-state index contributed by atoms with van der Waals surface area (Å²) in [5.41, 5.74) is 2.14. The van der Waals surface area contributed by atoms with Crippen molar-refractivity contribution < 1.29 is 9.90 Å². The van der Waals surface area contributed by atoms with E-state index in [2.05, 4.69) is 4.98 Å². The van der Waals surface area contributed by atoms with E-state index in [1.807, 2.05) is 30.5 Å². The van der Waals surface area contributed by atoms with Crippen LogP contribution in [0.2, 0.25) is 0 Å². The third kappa shape index (κ3) is 2.37. The third-order valence-corrected chi connectivity index (χ3v) is 2.28. The molecule has 3 heteroatoms. The number of H-pyrrole nitrogens is 1. The van der Waals surface area contributed by atoms with Gasteiger partial charge in [0.25, 0.3) is 0 Å². The van der Waals surface area contributed by atoms with Crippen LogP contribution in [-0.2, 0) is 11.2 Å². The molecular weight excluding hydrogens is 190 g/mol. The maximum atomic E-state index is 10.4. The van der Waals surface area contributed by atoms with E-state index in [1.54, 1.807) is 0 Å². The van der Waals surface area contributed by atoms with Gasteiger partial charge >= 0.3 is 5.97 Å². The maximum absolute atomic E-state index is 10.4. The van der Waals surface area contributed by atoms with Crippen molar-refractivity contribution in [3.8, 4) is 0 Å². The molecule has 0 saturated heterocycles. The molecule has 2 rings (SSSR count). The molecule has 2 aromatic rings. The van der Waals surface area contributed by atoms with Crippen molar-refractivity contribution in [1.82, 2.24) is 4.98 Å². The molecule has 0 bridgehead atoms. The van der Waals surface area contributed by atoms with Crippen molar-refractivity contribution in [3.05, 3.63) is 36.0 Å². The van der Waals surface area contributed by atoms with E-state index < -0.39 is 5.97 Å². The molecule has 80 valence electrons. The molecule has 1 aromatic heterocycles. The zero-order chi connectivity index (χ0) is 9.97. The molecule has 0 radical (unpaired) electrons. The van der Waals surface area contributed by atoms with Gasteiger partial charge in [-0.05, 0) is 18.1 Å². The first-order valence-electron chi connectivity index (χ1n) is 4.54. The highest BCUT2D eigenvalue weighted by Crippen LogP contribution is 2.18. The van der Waals surface area contributed by atoms with Crippen LogP contribution in [-0.4, -0.2) is 16.1 Å². The zero-order valence-electron chi connectivity index (χ0n) is 7.66. The van der Waals surface area contributed by atoms with Gasteiger partial charge in [-0.15, -0.1) is 0 Å². The lowest BCUT2D eigenvalue weighted by atomic mass is 10.1. The summed E-state index contributed by atoms with van der Waals surface area (Å²) in [4.78, 5) is 13.5. The normalized spacial score (nSPS) is 9.87. The summed E-state index contributed by atoms with van der Waals surface area (Å²) in [5, 5.41) is 9.69. The molecule has 1 heterocycles. The fourth-order valence-corrected chi connectivity index (χ4v) is 1.58. The number of rotatable bonds is 3. The molecule has 0 amide bonds. The Morgan fingerprint density at radius 2 is 2.07 bits per heavy atom. The van der Waals surface area contributed by atoms with Gasteiger partial charge in [-0.2, -0.15) is 0 Å². The lowest BCUT2D eigenvalue weighted by Gasteiger charge is -1.95. The van der Waals surface area contributed by atoms with Crippen molar-refractivity contribution >= 4 is 16.9 Å². The lowest BCUT2D eigenvalue weighted by molar-refractivity contribution is -0.136. The number of hydrogen-bond donors (Lipinski definition) is 2. The van der Waals surface area contributed by atoms with Crippen LogP contribution in [0.5, 0.6) is 0 Å². The molecule has 0 spiro atoms. The van der Waals surface area contributed by atoms with Gasteiger partial charge in [0.1, 0.15) is 0 Å². The summed E-state index contributed by atoms with van der Waals surface area (Å²) in [6, 6.07) is 7.91. The number of aromatic amines is 1. The molecule has 0 aliphatic carbocycles. The maximum Gasteiger partial charge on any atom is 0.303 e. The Labute approximate surface area is 88.7 Å². The molecule has 0 atom stereocenters. The van der Waals surface area contributed by atoms with Crippen molar-refractivity contribution in [2.45, 2.75) is 20.3 Å². The summed E-state index contributed by atoms with van der Waals surface area (Å²) in [5.74, 6) is -0.754. The minimum absolute atomic E-state index is 0. The van der Waals surface area contributed by atoms with Gasteiger partial charge in [0.05, 0.1) is 0 Å². The average molecular weight is 205 g/mol. The van der Waals surface area contributed by atoms with E-state index in [-0.39, 0.29) is 13.8 Å². The summed E-state index contributed by atoms with van der Waals surface area (Å²) in [6.07, 6.45) is 2.65. The fraction of sp³-hybridized carbons (Fsp3) is 0.250. The monoisotopic (exact) mass is 205 g/mol. The SMILES string of the molecule is C.O=C(O)CCc1c[nH]c2ccccc12. The molecule has 0 aliphatic heterocycles. The summed E-state index contributed by atoms with van der Waals surface area (Å²) < 4.78 is 0. The number of carbonyl (C=O) groups is 1. The van der Waals surface area contributed by atoms with E-state index in [4.69, 9.17) is 5.11 Å². The van der Waals surface area contributed by atoms with Gasteiger partial charge < -0.3 is 10.1 Å². The van der Waals surface area contributed by atoms with Gasteiger partial charge in [0, 0.05) is 23.5 Å². The molecule has 0 fully saturated rings. The van der Waals surface area contributed by atoms with Crippen LogP contribution in [0.15, 0.2) is 30.5 Å². The summed E-state index contributed by atoms with van der Waals surface area (Å²) in [6.45, 7) is 0. The van der Waals surface area contributed by atoms with Gasteiger partial charge in [-0.1, -0.05) is 25.6 Å². The molecule has 15 heavy (non-hydrogen) atoms. The second-order valence-corrected chi connectivity index (χ2v) is 3.25. The number of aryl methyl sites for hydroxylation is 1. The predicted molar refractivity (Wildman–Crippen MR) is 61.0 cm³/mol. The number of carboxylic acids is 1. The van der Waals surface area contributed by atoms with E-state index in [9.17, 15) is 4.79 Å². The lowest BCUT2D eigenvalue weighted by Crippen LogP contribution is -1.96. The number of carboxylic acid groups (broad SMARTS) is 1. The largest absolute Gasteiger partial charge is 0.481 e. The van der Waals surface area contributed by atoms with Crippen LogP contribution in [0.1, 0.15) is 19.4 Å². The van der Waals surface area contributed by atoms with E-state index in [0.717, 1.165) is 16.5 Å². The highest BCUT2D eigenvalue weighted by Gasteiger charge is 2.04. The number of hydrogen-bond acceptors (Lipinski definition) is 1. The van der Waals surface area contributed by atoms with Crippen molar-refractivity contribution in [2.75, 3.05) is 0 Å². The van der Waals surface area contributed by atoms with Crippen molar-refractivity contribution in [3.63, 3.8) is 0 Å². The Hall–Kier alpha value is -1.77. The van der Waals surface area contributed by atoms with Gasteiger partial charge in [-0.3, -0.25) is 4.79 Å². The molecule has 3 nitrogen and oxygen atoms in total. The number of benzene rings is 1. The third-order valence-electron chi connectivity index (χ3n) is 2.28. The van der Waals surface area contributed by atoms with Crippen LogP contribution in [0, 0.1) is 0 Å². The molecular formula is C12H15NO2. The molecule has 2 N–H and O–H groups in total. The van der Waals surface area contributed by atoms with Gasteiger partial charge in [0.15, 0.2) is 0 Å². The number of aromatic nitrogens is 1. The first-order chi connectivity index (χ1) is 6.77. The highest BCUT2D eigenvalue weighted by atomic mass is 16.4. The number of fused-ring (bicyclic) bond motifs is 1. The highest BCUT2D eigenvalue weighted by molar-refractivity contribution is 5.83. The first-order valence-corrected chi connectivity index (χ1v) is 4.54. The number of nitrogens with one attached hydrogen (secondary N) is 1. The van der Waals surface area contributed by atoms with Gasteiger partial charge in [0.2, 0.25) is 0 Å². The topological polar surface area (TPSA) is 53.1 Å². The van der Waals surface area contributed by atoms with Crippen LogP contribution < -0.4 is 0 Å². The predicted octanol–water partition coefficient (Wildman–Crippen LogP) is 2.82. The Kier molecular flexibility index (Phi) is 3.50. The van der Waals surface area contributed by atoms with Gasteiger partial charge in [-0.25, -0.2) is 0 Å². The molecule has 0 unspecified atom stereocenters. The van der Waals surface area contributed by atoms with E-state index >= 15 is 0 Å². The second kappa shape index (κ2) is 4.64. The minimum atomic E-state index is -0.754. The number of para-hydroxylation sites is 1. The Morgan fingerprint density at radius 3 is 2.80 bits per heavy atom. The number of aliphatic carboxylic acids is 1. The van der Waals surface area contributed by atoms with Crippen molar-refractivity contribution in [1.29, 1.82) is 0 Å². The van der Waals surface area contributed by atoms with Crippen LogP contribution in [0.4, 0.5) is 0 Å².